The Labute approximate surface area is 108 Å². The molecule has 0 amide bonds. The second kappa shape index (κ2) is 5.15. The molecule has 2 nitrogen and oxygen atoms in total. The Bertz CT molecular complexity index is 550. The normalized spacial score (nSPS) is 10.0. The van der Waals surface area contributed by atoms with Crippen LogP contribution in [-0.4, -0.2) is 13.4 Å². The maximum absolute atomic E-state index is 10.8. The van der Waals surface area contributed by atoms with Crippen LogP contribution in [0.3, 0.4) is 0 Å². The summed E-state index contributed by atoms with van der Waals surface area (Å²) in [6.07, 6.45) is 0.841. The fourth-order valence-corrected chi connectivity index (χ4v) is 2.25. The van der Waals surface area contributed by atoms with Gasteiger partial charge in [0.25, 0.3) is 0 Å². The van der Waals surface area contributed by atoms with E-state index in [0.717, 1.165) is 27.6 Å². The molecule has 0 aromatic heterocycles. The average molecular weight is 291 g/mol. The lowest BCUT2D eigenvalue weighted by Gasteiger charge is -2.10. The molecule has 2 rings (SSSR count). The number of rotatable bonds is 3. The minimum absolute atomic E-state index is 0.657. The molecule has 0 atom stereocenters. The van der Waals surface area contributed by atoms with Crippen LogP contribution < -0.4 is 4.74 Å². The highest BCUT2D eigenvalue weighted by atomic mass is 79.9. The zero-order valence-corrected chi connectivity index (χ0v) is 10.9. The third-order valence-corrected chi connectivity index (χ3v) is 3.13. The number of hydrogen-bond acceptors (Lipinski definition) is 2. The molecule has 0 radical (unpaired) electrons. The van der Waals surface area contributed by atoms with Gasteiger partial charge in [0, 0.05) is 11.1 Å². The highest BCUT2D eigenvalue weighted by molar-refractivity contribution is 9.10. The van der Waals surface area contributed by atoms with Gasteiger partial charge in [-0.25, -0.2) is 0 Å². The van der Waals surface area contributed by atoms with Gasteiger partial charge in [0.2, 0.25) is 0 Å². The highest BCUT2D eigenvalue weighted by Gasteiger charge is 2.09. The van der Waals surface area contributed by atoms with E-state index in [1.165, 1.54) is 0 Å². The zero-order chi connectivity index (χ0) is 12.3. The van der Waals surface area contributed by atoms with Crippen molar-refractivity contribution in [3.63, 3.8) is 0 Å². The first-order chi connectivity index (χ1) is 8.26. The van der Waals surface area contributed by atoms with Gasteiger partial charge in [-0.2, -0.15) is 0 Å². The summed E-state index contributed by atoms with van der Waals surface area (Å²) in [4.78, 5) is 10.8. The molecule has 0 saturated carbocycles. The summed E-state index contributed by atoms with van der Waals surface area (Å²) >= 11 is 3.45. The van der Waals surface area contributed by atoms with Crippen LogP contribution in [0.15, 0.2) is 46.9 Å². The van der Waals surface area contributed by atoms with Crippen LogP contribution in [0, 0.1) is 0 Å². The van der Waals surface area contributed by atoms with Crippen LogP contribution in [0.5, 0.6) is 5.75 Å². The number of para-hydroxylation sites is 1. The molecule has 0 aliphatic rings. The van der Waals surface area contributed by atoms with Gasteiger partial charge in [0.05, 0.1) is 11.6 Å². The van der Waals surface area contributed by atoms with Crippen molar-refractivity contribution >= 4 is 22.2 Å². The Morgan fingerprint density at radius 3 is 2.65 bits per heavy atom. The molecule has 0 spiro atoms. The molecule has 2 aromatic carbocycles. The van der Waals surface area contributed by atoms with Gasteiger partial charge in [0.1, 0.15) is 12.0 Å². The van der Waals surface area contributed by atoms with E-state index in [0.29, 0.717) is 5.56 Å². The Morgan fingerprint density at radius 1 is 1.18 bits per heavy atom. The van der Waals surface area contributed by atoms with E-state index in [-0.39, 0.29) is 0 Å². The van der Waals surface area contributed by atoms with Gasteiger partial charge in [0.15, 0.2) is 0 Å². The highest BCUT2D eigenvalue weighted by Crippen LogP contribution is 2.36. The summed E-state index contributed by atoms with van der Waals surface area (Å²) in [7, 11) is 1.63. The third kappa shape index (κ3) is 2.39. The molecular formula is C14H11BrO2. The average Bonchev–Trinajstić information content (AvgIpc) is 2.38. The number of carbonyl (C=O) groups excluding carboxylic acids is 1. The van der Waals surface area contributed by atoms with Crippen molar-refractivity contribution in [2.75, 3.05) is 7.11 Å². The quantitative estimate of drug-likeness (QED) is 0.801. The lowest BCUT2D eigenvalue weighted by Crippen LogP contribution is -1.90. The van der Waals surface area contributed by atoms with Crippen LogP contribution in [0.1, 0.15) is 10.4 Å². The van der Waals surface area contributed by atoms with Crippen molar-refractivity contribution < 1.29 is 9.53 Å². The number of ether oxygens (including phenoxy) is 1. The molecule has 0 heterocycles. The summed E-state index contributed by atoms with van der Waals surface area (Å²) in [6.45, 7) is 0. The van der Waals surface area contributed by atoms with E-state index < -0.39 is 0 Å². The molecule has 2 aromatic rings. The first kappa shape index (κ1) is 11.9. The first-order valence-corrected chi connectivity index (χ1v) is 5.93. The molecule has 0 N–H and O–H groups in total. The van der Waals surface area contributed by atoms with Gasteiger partial charge < -0.3 is 4.74 Å². The minimum Gasteiger partial charge on any atom is -0.495 e. The van der Waals surface area contributed by atoms with E-state index in [1.807, 2.05) is 36.4 Å². The fourth-order valence-electron chi connectivity index (χ4n) is 1.72. The number of methoxy groups -OCH3 is 1. The molecule has 3 heteroatoms. The fraction of sp³-hybridized carbons (Fsp3) is 0.0714. The minimum atomic E-state index is 0.657. The van der Waals surface area contributed by atoms with E-state index in [4.69, 9.17) is 4.74 Å². The van der Waals surface area contributed by atoms with Crippen LogP contribution in [0.25, 0.3) is 11.1 Å². The van der Waals surface area contributed by atoms with Crippen molar-refractivity contribution in [2.24, 2.45) is 0 Å². The summed E-state index contributed by atoms with van der Waals surface area (Å²) in [5, 5.41) is 0. The summed E-state index contributed by atoms with van der Waals surface area (Å²) in [5.74, 6) is 0.774. The lowest BCUT2D eigenvalue weighted by atomic mass is 10.0. The largest absolute Gasteiger partial charge is 0.495 e. The van der Waals surface area contributed by atoms with E-state index in [2.05, 4.69) is 15.9 Å². The predicted octanol–water partition coefficient (Wildman–Crippen LogP) is 3.94. The van der Waals surface area contributed by atoms with Crippen molar-refractivity contribution in [2.45, 2.75) is 0 Å². The molecule has 0 aliphatic carbocycles. The standard InChI is InChI=1S/C14H11BrO2/c1-17-14-12(6-3-7-13(14)15)11-5-2-4-10(8-11)9-16/h2-9H,1H3. The topological polar surface area (TPSA) is 26.3 Å². The summed E-state index contributed by atoms with van der Waals surface area (Å²) < 4.78 is 6.27. The number of carbonyl (C=O) groups is 1. The first-order valence-electron chi connectivity index (χ1n) is 5.14. The molecule has 0 saturated heterocycles. The SMILES string of the molecule is COc1c(Br)cccc1-c1cccc(C=O)c1. The molecular weight excluding hydrogens is 280 g/mol. The van der Waals surface area contributed by atoms with Gasteiger partial charge in [-0.05, 0) is 33.6 Å². The van der Waals surface area contributed by atoms with Crippen LogP contribution >= 0.6 is 15.9 Å². The second-order valence-electron chi connectivity index (χ2n) is 3.56. The van der Waals surface area contributed by atoms with Crippen LogP contribution in [0.2, 0.25) is 0 Å². The monoisotopic (exact) mass is 290 g/mol. The van der Waals surface area contributed by atoms with Crippen molar-refractivity contribution in [1.82, 2.24) is 0 Å². The molecule has 0 aliphatic heterocycles. The third-order valence-electron chi connectivity index (χ3n) is 2.50. The van der Waals surface area contributed by atoms with Gasteiger partial charge >= 0.3 is 0 Å². The van der Waals surface area contributed by atoms with Crippen molar-refractivity contribution in [3.8, 4) is 16.9 Å². The van der Waals surface area contributed by atoms with Gasteiger partial charge in [-0.15, -0.1) is 0 Å². The van der Waals surface area contributed by atoms with E-state index in [9.17, 15) is 4.79 Å². The van der Waals surface area contributed by atoms with Crippen LogP contribution in [0.4, 0.5) is 0 Å². The van der Waals surface area contributed by atoms with E-state index in [1.54, 1.807) is 13.2 Å². The Hall–Kier alpha value is -1.61. The molecule has 0 fully saturated rings. The maximum Gasteiger partial charge on any atom is 0.150 e. The molecule has 86 valence electrons. The van der Waals surface area contributed by atoms with Gasteiger partial charge in [-0.3, -0.25) is 4.79 Å². The van der Waals surface area contributed by atoms with E-state index >= 15 is 0 Å². The molecule has 0 unspecified atom stereocenters. The lowest BCUT2D eigenvalue weighted by molar-refractivity contribution is 0.112. The number of halogens is 1. The second-order valence-corrected chi connectivity index (χ2v) is 4.42. The van der Waals surface area contributed by atoms with Crippen LogP contribution in [-0.2, 0) is 0 Å². The zero-order valence-electron chi connectivity index (χ0n) is 9.31. The summed E-state index contributed by atoms with van der Waals surface area (Å²) in [6, 6.07) is 13.3. The smallest absolute Gasteiger partial charge is 0.150 e. The Balaban J connectivity index is 2.59. The van der Waals surface area contributed by atoms with Crippen molar-refractivity contribution in [1.29, 1.82) is 0 Å². The number of aldehydes is 1. The summed E-state index contributed by atoms with van der Waals surface area (Å²) in [5.41, 5.74) is 2.59. The Kier molecular flexibility index (Phi) is 3.59. The molecule has 0 bridgehead atoms. The predicted molar refractivity (Wildman–Crippen MR) is 71.5 cm³/mol. The van der Waals surface area contributed by atoms with Crippen molar-refractivity contribution in [3.05, 3.63) is 52.5 Å². The maximum atomic E-state index is 10.8. The Morgan fingerprint density at radius 2 is 1.94 bits per heavy atom. The number of benzene rings is 2. The molecule has 17 heavy (non-hydrogen) atoms. The number of hydrogen-bond donors (Lipinski definition) is 0. The van der Waals surface area contributed by atoms with Gasteiger partial charge in [-0.1, -0.05) is 30.3 Å².